The average Bonchev–Trinajstić information content (AvgIpc) is 2.69. The first kappa shape index (κ1) is 19.9. The predicted molar refractivity (Wildman–Crippen MR) is 112 cm³/mol. The van der Waals surface area contributed by atoms with Crippen LogP contribution in [0.2, 0.25) is 0 Å². The lowest BCUT2D eigenvalue weighted by Gasteiger charge is -2.29. The molecule has 0 atom stereocenters. The van der Waals surface area contributed by atoms with Crippen LogP contribution in [0.15, 0.2) is 42.5 Å². The van der Waals surface area contributed by atoms with Crippen LogP contribution in [-0.4, -0.2) is 25.0 Å². The summed E-state index contributed by atoms with van der Waals surface area (Å²) in [5.41, 5.74) is 3.82. The molecule has 5 heteroatoms. The van der Waals surface area contributed by atoms with Crippen molar-refractivity contribution in [3.63, 3.8) is 0 Å². The molecule has 0 aromatic heterocycles. The van der Waals surface area contributed by atoms with Crippen LogP contribution in [0.3, 0.4) is 0 Å². The molecule has 0 unspecified atom stereocenters. The Balaban J connectivity index is 1.64. The Kier molecular flexibility index (Phi) is 6.69. The maximum atomic E-state index is 12.4. The number of rotatable bonds is 8. The molecule has 1 N–H and O–H groups in total. The molecule has 0 saturated heterocycles. The van der Waals surface area contributed by atoms with E-state index in [0.29, 0.717) is 19.4 Å². The van der Waals surface area contributed by atoms with Crippen LogP contribution in [0.5, 0.6) is 5.75 Å². The van der Waals surface area contributed by atoms with Crippen LogP contribution in [0, 0.1) is 0 Å². The van der Waals surface area contributed by atoms with Gasteiger partial charge in [-0.25, -0.2) is 0 Å². The maximum absolute atomic E-state index is 12.4. The predicted octanol–water partition coefficient (Wildman–Crippen LogP) is 4.35. The minimum Gasteiger partial charge on any atom is -0.494 e. The van der Waals surface area contributed by atoms with Crippen molar-refractivity contribution >= 4 is 23.2 Å². The van der Waals surface area contributed by atoms with Gasteiger partial charge in [-0.1, -0.05) is 25.5 Å². The molecule has 0 bridgehead atoms. The number of ether oxygens (including phenoxy) is 1. The Bertz CT molecular complexity index is 830. The lowest BCUT2D eigenvalue weighted by molar-refractivity contribution is -0.119. The van der Waals surface area contributed by atoms with Crippen molar-refractivity contribution in [2.24, 2.45) is 0 Å². The Morgan fingerprint density at radius 3 is 2.61 bits per heavy atom. The standard InChI is InChI=1S/C23H28N2O3/c1-3-5-14-25-21-12-9-19(16-18(21)8-13-23(25)27)24-22(26)15-17-6-10-20(11-7-17)28-4-2/h6-7,9-12,16H,3-5,8,13-15H2,1-2H3,(H,24,26). The van der Waals surface area contributed by atoms with E-state index in [2.05, 4.69) is 12.2 Å². The van der Waals surface area contributed by atoms with Crippen molar-refractivity contribution in [1.82, 2.24) is 0 Å². The lowest BCUT2D eigenvalue weighted by Crippen LogP contribution is -2.35. The van der Waals surface area contributed by atoms with E-state index >= 15 is 0 Å². The number of hydrogen-bond donors (Lipinski definition) is 1. The van der Waals surface area contributed by atoms with Gasteiger partial charge in [-0.15, -0.1) is 0 Å². The monoisotopic (exact) mass is 380 g/mol. The summed E-state index contributed by atoms with van der Waals surface area (Å²) in [7, 11) is 0. The minimum atomic E-state index is -0.0566. The number of anilines is 2. The molecule has 2 aromatic rings. The SMILES string of the molecule is CCCCN1C(=O)CCc2cc(NC(=O)Cc3ccc(OCC)cc3)ccc21. The molecule has 0 radical (unpaired) electrons. The molecule has 0 spiro atoms. The van der Waals surface area contributed by atoms with E-state index in [4.69, 9.17) is 4.74 Å². The van der Waals surface area contributed by atoms with Crippen LogP contribution >= 0.6 is 0 Å². The molecule has 5 nitrogen and oxygen atoms in total. The van der Waals surface area contributed by atoms with Crippen LogP contribution in [-0.2, 0) is 22.4 Å². The highest BCUT2D eigenvalue weighted by Crippen LogP contribution is 2.30. The smallest absolute Gasteiger partial charge is 0.228 e. The molecule has 1 aliphatic rings. The van der Waals surface area contributed by atoms with Crippen molar-refractivity contribution in [3.8, 4) is 5.75 Å². The number of fused-ring (bicyclic) bond motifs is 1. The quantitative estimate of drug-likeness (QED) is 0.741. The summed E-state index contributed by atoms with van der Waals surface area (Å²) in [6.07, 6.45) is 3.61. The van der Waals surface area contributed by atoms with Crippen LogP contribution in [0.25, 0.3) is 0 Å². The zero-order valence-electron chi connectivity index (χ0n) is 16.7. The summed E-state index contributed by atoms with van der Waals surface area (Å²) in [6.45, 7) is 5.45. The van der Waals surface area contributed by atoms with Gasteiger partial charge in [-0.2, -0.15) is 0 Å². The van der Waals surface area contributed by atoms with Crippen molar-refractivity contribution in [3.05, 3.63) is 53.6 Å². The van der Waals surface area contributed by atoms with E-state index in [1.54, 1.807) is 0 Å². The molecular weight excluding hydrogens is 352 g/mol. The molecule has 0 aliphatic carbocycles. The van der Waals surface area contributed by atoms with Crippen LogP contribution < -0.4 is 15.0 Å². The van der Waals surface area contributed by atoms with Crippen molar-refractivity contribution in [1.29, 1.82) is 0 Å². The third-order valence-electron chi connectivity index (χ3n) is 4.90. The van der Waals surface area contributed by atoms with E-state index in [0.717, 1.165) is 54.1 Å². The Hall–Kier alpha value is -2.82. The summed E-state index contributed by atoms with van der Waals surface area (Å²) in [6, 6.07) is 13.4. The molecule has 1 heterocycles. The van der Waals surface area contributed by atoms with Gasteiger partial charge in [0.05, 0.1) is 13.0 Å². The summed E-state index contributed by atoms with van der Waals surface area (Å²) >= 11 is 0. The molecule has 0 fully saturated rings. The highest BCUT2D eigenvalue weighted by atomic mass is 16.5. The number of benzene rings is 2. The first-order valence-electron chi connectivity index (χ1n) is 10.1. The molecule has 3 rings (SSSR count). The second kappa shape index (κ2) is 9.40. The zero-order chi connectivity index (χ0) is 19.9. The molecule has 0 saturated carbocycles. The number of aryl methyl sites for hydroxylation is 1. The topological polar surface area (TPSA) is 58.6 Å². The highest BCUT2D eigenvalue weighted by Gasteiger charge is 2.23. The van der Waals surface area contributed by atoms with Crippen molar-refractivity contribution < 1.29 is 14.3 Å². The fraction of sp³-hybridized carbons (Fsp3) is 0.391. The number of nitrogens with one attached hydrogen (secondary N) is 1. The number of carbonyl (C=O) groups is 2. The highest BCUT2D eigenvalue weighted by molar-refractivity contribution is 5.97. The Morgan fingerprint density at radius 2 is 1.89 bits per heavy atom. The van der Waals surface area contributed by atoms with Gasteiger partial charge in [0.1, 0.15) is 5.75 Å². The third kappa shape index (κ3) is 4.91. The number of nitrogens with zero attached hydrogens (tertiary/aromatic N) is 1. The zero-order valence-corrected chi connectivity index (χ0v) is 16.7. The van der Waals surface area contributed by atoms with Gasteiger partial charge >= 0.3 is 0 Å². The summed E-state index contributed by atoms with van der Waals surface area (Å²) < 4.78 is 5.43. The van der Waals surface area contributed by atoms with E-state index in [9.17, 15) is 9.59 Å². The minimum absolute atomic E-state index is 0.0566. The Morgan fingerprint density at radius 1 is 1.11 bits per heavy atom. The second-order valence-electron chi connectivity index (χ2n) is 7.04. The van der Waals surface area contributed by atoms with Gasteiger partial charge in [0.2, 0.25) is 11.8 Å². The Labute approximate surface area is 166 Å². The first-order valence-corrected chi connectivity index (χ1v) is 10.1. The molecular formula is C23H28N2O3. The number of amides is 2. The maximum Gasteiger partial charge on any atom is 0.228 e. The number of hydrogen-bond acceptors (Lipinski definition) is 3. The number of unbranched alkanes of at least 4 members (excludes halogenated alkanes) is 1. The lowest BCUT2D eigenvalue weighted by atomic mass is 10.00. The molecule has 2 amide bonds. The summed E-state index contributed by atoms with van der Waals surface area (Å²) in [5, 5.41) is 2.98. The summed E-state index contributed by atoms with van der Waals surface area (Å²) in [5.74, 6) is 0.940. The fourth-order valence-corrected chi connectivity index (χ4v) is 3.46. The van der Waals surface area contributed by atoms with Gasteiger partial charge in [-0.05, 0) is 61.2 Å². The van der Waals surface area contributed by atoms with Crippen LogP contribution in [0.4, 0.5) is 11.4 Å². The fourth-order valence-electron chi connectivity index (χ4n) is 3.46. The summed E-state index contributed by atoms with van der Waals surface area (Å²) in [4.78, 5) is 26.5. The van der Waals surface area contributed by atoms with E-state index in [1.807, 2.05) is 54.3 Å². The van der Waals surface area contributed by atoms with E-state index in [-0.39, 0.29) is 11.8 Å². The number of carbonyl (C=O) groups excluding carboxylic acids is 2. The van der Waals surface area contributed by atoms with Gasteiger partial charge in [0.15, 0.2) is 0 Å². The van der Waals surface area contributed by atoms with Gasteiger partial charge in [-0.3, -0.25) is 9.59 Å². The normalized spacial score (nSPS) is 13.2. The van der Waals surface area contributed by atoms with Crippen molar-refractivity contribution in [2.75, 3.05) is 23.4 Å². The van der Waals surface area contributed by atoms with Crippen LogP contribution in [0.1, 0.15) is 44.2 Å². The van der Waals surface area contributed by atoms with Gasteiger partial charge < -0.3 is 15.0 Å². The molecule has 2 aromatic carbocycles. The first-order chi connectivity index (χ1) is 13.6. The van der Waals surface area contributed by atoms with E-state index < -0.39 is 0 Å². The van der Waals surface area contributed by atoms with Gasteiger partial charge in [0.25, 0.3) is 0 Å². The third-order valence-corrected chi connectivity index (χ3v) is 4.90. The second-order valence-corrected chi connectivity index (χ2v) is 7.04. The molecule has 28 heavy (non-hydrogen) atoms. The molecule has 1 aliphatic heterocycles. The molecule has 148 valence electrons. The van der Waals surface area contributed by atoms with E-state index in [1.165, 1.54) is 0 Å². The largest absolute Gasteiger partial charge is 0.494 e. The average molecular weight is 380 g/mol. The van der Waals surface area contributed by atoms with Gasteiger partial charge in [0, 0.05) is 24.3 Å². The van der Waals surface area contributed by atoms with Crippen molar-refractivity contribution in [2.45, 2.75) is 46.0 Å².